The molecule has 0 spiro atoms. The highest BCUT2D eigenvalue weighted by Gasteiger charge is 2.31. The summed E-state index contributed by atoms with van der Waals surface area (Å²) in [5.74, 6) is -0.307. The monoisotopic (exact) mass is 385 g/mol. The van der Waals surface area contributed by atoms with Crippen molar-refractivity contribution in [3.8, 4) is 0 Å². The van der Waals surface area contributed by atoms with E-state index in [4.69, 9.17) is 0 Å². The molecule has 138 valence electrons. The van der Waals surface area contributed by atoms with Crippen LogP contribution in [0.3, 0.4) is 0 Å². The summed E-state index contributed by atoms with van der Waals surface area (Å²) in [6.45, 7) is 1.44. The molecule has 0 radical (unpaired) electrons. The van der Waals surface area contributed by atoms with Crippen LogP contribution in [0.2, 0.25) is 0 Å². The summed E-state index contributed by atoms with van der Waals surface area (Å²) in [7, 11) is 0. The van der Waals surface area contributed by atoms with Gasteiger partial charge in [-0.25, -0.2) is 0 Å². The summed E-state index contributed by atoms with van der Waals surface area (Å²) >= 11 is 0.888. The Bertz CT molecular complexity index is 829. The number of piperazine rings is 1. The Labute approximate surface area is 150 Å². The van der Waals surface area contributed by atoms with Crippen LogP contribution in [0.1, 0.15) is 15.9 Å². The molecule has 0 unspecified atom stereocenters. The molecule has 2 aromatic rings. The van der Waals surface area contributed by atoms with E-state index in [1.165, 1.54) is 17.5 Å². The predicted molar refractivity (Wildman–Crippen MR) is 90.5 cm³/mol. The number of anilines is 1. The van der Waals surface area contributed by atoms with E-state index in [0.29, 0.717) is 31.9 Å². The molecule has 0 bridgehead atoms. The first-order valence-electron chi connectivity index (χ1n) is 7.70. The van der Waals surface area contributed by atoms with Crippen molar-refractivity contribution in [1.29, 1.82) is 0 Å². The summed E-state index contributed by atoms with van der Waals surface area (Å²) in [4.78, 5) is 25.9. The van der Waals surface area contributed by atoms with Crippen LogP contribution in [0.5, 0.6) is 0 Å². The highest BCUT2D eigenvalue weighted by Crippen LogP contribution is 2.32. The van der Waals surface area contributed by atoms with Gasteiger partial charge in [0.05, 0.1) is 16.1 Å². The molecule has 0 aliphatic carbocycles. The Morgan fingerprint density at radius 1 is 1.15 bits per heavy atom. The second kappa shape index (κ2) is 6.94. The highest BCUT2D eigenvalue weighted by molar-refractivity contribution is 7.13. The van der Waals surface area contributed by atoms with Gasteiger partial charge in [-0.3, -0.25) is 14.9 Å². The topological polar surface area (TPSA) is 66.7 Å². The second-order valence-corrected chi connectivity index (χ2v) is 6.65. The zero-order valence-electron chi connectivity index (χ0n) is 13.4. The maximum Gasteiger partial charge on any atom is 0.416 e. The summed E-state index contributed by atoms with van der Waals surface area (Å²) in [6, 6.07) is 6.33. The molecule has 0 atom stereocenters. The fourth-order valence-electron chi connectivity index (χ4n) is 2.76. The third-order valence-electron chi connectivity index (χ3n) is 4.12. The fraction of sp³-hybridized carbons (Fsp3) is 0.312. The van der Waals surface area contributed by atoms with Gasteiger partial charge < -0.3 is 9.80 Å². The van der Waals surface area contributed by atoms with Crippen molar-refractivity contribution < 1.29 is 22.9 Å². The standard InChI is InChI=1S/C16H14F3N3O3S/c17-16(18,19)12-2-1-3-13(9-12)20-4-6-21(7-5-20)15(23)11-8-14(22(24)25)26-10-11/h1-3,8-10H,4-7H2. The third kappa shape index (κ3) is 3.79. The average Bonchev–Trinajstić information content (AvgIpc) is 3.11. The number of carbonyl (C=O) groups excluding carboxylic acids is 1. The molecule has 0 saturated carbocycles. The molecule has 0 N–H and O–H groups in total. The van der Waals surface area contributed by atoms with Gasteiger partial charge in [-0.05, 0) is 18.2 Å². The van der Waals surface area contributed by atoms with Crippen molar-refractivity contribution in [2.24, 2.45) is 0 Å². The smallest absolute Gasteiger partial charge is 0.368 e. The van der Waals surface area contributed by atoms with E-state index in [1.54, 1.807) is 15.9 Å². The van der Waals surface area contributed by atoms with Gasteiger partial charge in [0, 0.05) is 43.3 Å². The van der Waals surface area contributed by atoms with Gasteiger partial charge in [-0.1, -0.05) is 17.4 Å². The first kappa shape index (κ1) is 18.2. The molecule has 1 aliphatic rings. The minimum atomic E-state index is -4.40. The van der Waals surface area contributed by atoms with Gasteiger partial charge in [-0.15, -0.1) is 0 Å². The molecular weight excluding hydrogens is 371 g/mol. The Morgan fingerprint density at radius 3 is 2.42 bits per heavy atom. The number of hydrogen-bond acceptors (Lipinski definition) is 5. The second-order valence-electron chi connectivity index (χ2n) is 5.76. The lowest BCUT2D eigenvalue weighted by atomic mass is 10.1. The van der Waals surface area contributed by atoms with Crippen molar-refractivity contribution >= 4 is 27.9 Å². The third-order valence-corrected chi connectivity index (χ3v) is 5.00. The van der Waals surface area contributed by atoms with E-state index in [0.717, 1.165) is 23.5 Å². The van der Waals surface area contributed by atoms with Crippen LogP contribution >= 0.6 is 11.3 Å². The Hall–Kier alpha value is -2.62. The van der Waals surface area contributed by atoms with Crippen LogP contribution in [-0.2, 0) is 6.18 Å². The van der Waals surface area contributed by atoms with E-state index < -0.39 is 16.7 Å². The van der Waals surface area contributed by atoms with Gasteiger partial charge in [0.15, 0.2) is 0 Å². The van der Waals surface area contributed by atoms with Crippen molar-refractivity contribution in [3.05, 3.63) is 57.0 Å². The number of benzene rings is 1. The number of thiophene rings is 1. The lowest BCUT2D eigenvalue weighted by Gasteiger charge is -2.36. The van der Waals surface area contributed by atoms with Crippen LogP contribution in [0, 0.1) is 10.1 Å². The molecule has 3 rings (SSSR count). The highest BCUT2D eigenvalue weighted by atomic mass is 32.1. The predicted octanol–water partition coefficient (Wildman–Crippen LogP) is 3.64. The Kier molecular flexibility index (Phi) is 4.86. The number of nitrogens with zero attached hydrogens (tertiary/aromatic N) is 3. The maximum absolute atomic E-state index is 12.8. The van der Waals surface area contributed by atoms with E-state index in [1.807, 2.05) is 0 Å². The zero-order chi connectivity index (χ0) is 18.9. The van der Waals surface area contributed by atoms with Gasteiger partial charge in [0.2, 0.25) is 0 Å². The largest absolute Gasteiger partial charge is 0.416 e. The molecule has 1 saturated heterocycles. The van der Waals surface area contributed by atoms with Gasteiger partial charge in [0.25, 0.3) is 5.91 Å². The van der Waals surface area contributed by atoms with Crippen molar-refractivity contribution in [3.63, 3.8) is 0 Å². The number of carbonyl (C=O) groups is 1. The van der Waals surface area contributed by atoms with Gasteiger partial charge >= 0.3 is 11.2 Å². The molecular formula is C16H14F3N3O3S. The first-order chi connectivity index (χ1) is 12.3. The Balaban J connectivity index is 1.65. The molecule has 1 aromatic carbocycles. The number of nitro groups is 1. The van der Waals surface area contributed by atoms with E-state index in [2.05, 4.69) is 0 Å². The van der Waals surface area contributed by atoms with Crippen LogP contribution in [0.25, 0.3) is 0 Å². The zero-order valence-corrected chi connectivity index (χ0v) is 14.2. The molecule has 1 aliphatic heterocycles. The summed E-state index contributed by atoms with van der Waals surface area (Å²) in [5.41, 5.74) is 0.00593. The van der Waals surface area contributed by atoms with Crippen molar-refractivity contribution in [2.45, 2.75) is 6.18 Å². The van der Waals surface area contributed by atoms with Crippen LogP contribution < -0.4 is 4.90 Å². The molecule has 10 heteroatoms. The van der Waals surface area contributed by atoms with Crippen LogP contribution in [0.4, 0.5) is 23.9 Å². The number of rotatable bonds is 3. The van der Waals surface area contributed by atoms with Crippen molar-refractivity contribution in [1.82, 2.24) is 4.90 Å². The fourth-order valence-corrected chi connectivity index (χ4v) is 3.46. The van der Waals surface area contributed by atoms with Gasteiger partial charge in [-0.2, -0.15) is 13.2 Å². The molecule has 1 aromatic heterocycles. The molecule has 1 amide bonds. The first-order valence-corrected chi connectivity index (χ1v) is 8.58. The quantitative estimate of drug-likeness (QED) is 0.598. The number of hydrogen-bond donors (Lipinski definition) is 0. The molecule has 1 fully saturated rings. The van der Waals surface area contributed by atoms with Crippen LogP contribution in [0.15, 0.2) is 35.7 Å². The minimum absolute atomic E-state index is 0.101. The van der Waals surface area contributed by atoms with Crippen LogP contribution in [-0.4, -0.2) is 41.9 Å². The summed E-state index contributed by atoms with van der Waals surface area (Å²) in [5, 5.41) is 12.1. The molecule has 26 heavy (non-hydrogen) atoms. The molecule has 6 nitrogen and oxygen atoms in total. The SMILES string of the molecule is O=C(c1csc([N+](=O)[O-])c1)N1CCN(c2cccc(C(F)(F)F)c2)CC1. The summed E-state index contributed by atoms with van der Waals surface area (Å²) in [6.07, 6.45) is -4.40. The van der Waals surface area contributed by atoms with Gasteiger partial charge in [0.1, 0.15) is 0 Å². The van der Waals surface area contributed by atoms with E-state index >= 15 is 0 Å². The lowest BCUT2D eigenvalue weighted by Crippen LogP contribution is -2.48. The summed E-state index contributed by atoms with van der Waals surface area (Å²) < 4.78 is 38.5. The van der Waals surface area contributed by atoms with Crippen molar-refractivity contribution in [2.75, 3.05) is 31.1 Å². The Morgan fingerprint density at radius 2 is 1.85 bits per heavy atom. The number of amides is 1. The van der Waals surface area contributed by atoms with E-state index in [9.17, 15) is 28.1 Å². The van der Waals surface area contributed by atoms with E-state index in [-0.39, 0.29) is 16.5 Å². The minimum Gasteiger partial charge on any atom is -0.368 e. The molecule has 2 heterocycles. The number of alkyl halides is 3. The number of halogens is 3. The normalized spacial score (nSPS) is 15.2. The average molecular weight is 385 g/mol. The lowest BCUT2D eigenvalue weighted by molar-refractivity contribution is -0.380. The maximum atomic E-state index is 12.8.